The molecular weight excluding hydrogens is 586 g/mol. The lowest BCUT2D eigenvalue weighted by Gasteiger charge is -2.15. The molecule has 1 atom stereocenters. The van der Waals surface area contributed by atoms with Crippen LogP contribution in [0.5, 0.6) is 0 Å². The van der Waals surface area contributed by atoms with Crippen LogP contribution in [0.25, 0.3) is 0 Å². The van der Waals surface area contributed by atoms with Gasteiger partial charge in [0.15, 0.2) is 0 Å². The molecule has 0 spiro atoms. The largest absolute Gasteiger partial charge is 0.478 e. The molecule has 1 unspecified atom stereocenters. The van der Waals surface area contributed by atoms with E-state index in [1.165, 1.54) is 30.0 Å². The first-order valence-corrected chi connectivity index (χ1v) is 12.6. The van der Waals surface area contributed by atoms with Crippen molar-refractivity contribution in [2.24, 2.45) is 0 Å². The van der Waals surface area contributed by atoms with Crippen LogP contribution in [-0.4, -0.2) is 39.2 Å². The third-order valence-corrected chi connectivity index (χ3v) is 7.75. The van der Waals surface area contributed by atoms with Crippen molar-refractivity contribution in [3.63, 3.8) is 0 Å². The monoisotopic (exact) mass is 600 g/mol. The van der Waals surface area contributed by atoms with E-state index >= 15 is 0 Å². The molecule has 0 bridgehead atoms. The lowest BCUT2D eigenvalue weighted by Crippen LogP contribution is -2.22. The molecule has 0 aliphatic rings. The molecule has 0 heterocycles. The summed E-state index contributed by atoms with van der Waals surface area (Å²) in [6.07, 6.45) is 0. The molecule has 3 aromatic rings. The number of rotatable bonds is 8. The predicted molar refractivity (Wildman–Crippen MR) is 145 cm³/mol. The molecule has 0 saturated heterocycles. The second-order valence-electron chi connectivity index (χ2n) is 7.43. The maximum Gasteiger partial charge on any atom is 0.338 e. The van der Waals surface area contributed by atoms with E-state index in [0.717, 1.165) is 0 Å². The minimum Gasteiger partial charge on any atom is -0.478 e. The van der Waals surface area contributed by atoms with Gasteiger partial charge in [-0.25, -0.2) is 9.59 Å². The molecule has 3 aromatic carbocycles. The number of carbonyl (C=O) groups excluding carboxylic acids is 2. The first-order chi connectivity index (χ1) is 17.4. The zero-order valence-electron chi connectivity index (χ0n) is 18.6. The standard InChI is InChI=1S/C24H16Cl4N2O6S/c1-10(21(31)29-12-5-2-4-11(8-12)23(33)34)37-14-7-3-6-13(9-14)30-22(32)15-16(24(35)36)18(26)20(28)19(27)17(15)25/h2-10H,1H3,(H,29,31)(H,30,32)(H,33,34)(H,35,36). The lowest BCUT2D eigenvalue weighted by molar-refractivity contribution is -0.115. The third kappa shape index (κ3) is 6.68. The zero-order chi connectivity index (χ0) is 27.4. The summed E-state index contributed by atoms with van der Waals surface area (Å²) in [6.45, 7) is 1.66. The van der Waals surface area contributed by atoms with Crippen LogP contribution in [0.1, 0.15) is 38.0 Å². The van der Waals surface area contributed by atoms with Crippen LogP contribution < -0.4 is 10.6 Å². The Kier molecular flexibility index (Phi) is 9.33. The molecule has 4 N–H and O–H groups in total. The van der Waals surface area contributed by atoms with Crippen LogP contribution >= 0.6 is 58.2 Å². The molecule has 0 fully saturated rings. The molecule has 2 amide bonds. The molecule has 0 aromatic heterocycles. The fourth-order valence-electron chi connectivity index (χ4n) is 3.12. The van der Waals surface area contributed by atoms with E-state index in [-0.39, 0.29) is 32.2 Å². The summed E-state index contributed by atoms with van der Waals surface area (Å²) < 4.78 is 0. The Bertz CT molecular complexity index is 1430. The smallest absolute Gasteiger partial charge is 0.338 e. The minimum absolute atomic E-state index is 0.0379. The molecule has 0 aliphatic heterocycles. The zero-order valence-corrected chi connectivity index (χ0v) is 22.5. The Labute approximate surface area is 234 Å². The van der Waals surface area contributed by atoms with Crippen molar-refractivity contribution < 1.29 is 29.4 Å². The van der Waals surface area contributed by atoms with E-state index in [2.05, 4.69) is 10.6 Å². The average molecular weight is 602 g/mol. The van der Waals surface area contributed by atoms with E-state index < -0.39 is 39.2 Å². The third-order valence-electron chi connectivity index (χ3n) is 4.86. The number of thioether (sulfide) groups is 1. The van der Waals surface area contributed by atoms with Gasteiger partial charge in [-0.05, 0) is 43.3 Å². The molecule has 37 heavy (non-hydrogen) atoms. The van der Waals surface area contributed by atoms with Crippen LogP contribution in [0, 0.1) is 0 Å². The van der Waals surface area contributed by atoms with E-state index in [4.69, 9.17) is 51.5 Å². The molecule has 0 aliphatic carbocycles. The van der Waals surface area contributed by atoms with Crippen molar-refractivity contribution in [3.8, 4) is 0 Å². The molecule has 192 valence electrons. The van der Waals surface area contributed by atoms with Crippen molar-refractivity contribution >= 4 is 93.3 Å². The number of hydrogen-bond acceptors (Lipinski definition) is 5. The van der Waals surface area contributed by atoms with Crippen molar-refractivity contribution in [2.45, 2.75) is 17.1 Å². The van der Waals surface area contributed by atoms with Crippen molar-refractivity contribution in [2.75, 3.05) is 10.6 Å². The number of carboxylic acids is 2. The van der Waals surface area contributed by atoms with Crippen LogP contribution in [0.3, 0.4) is 0 Å². The van der Waals surface area contributed by atoms with E-state index in [1.807, 2.05) is 0 Å². The summed E-state index contributed by atoms with van der Waals surface area (Å²) in [5.41, 5.74) is -0.392. The number of carboxylic acid groups (broad SMARTS) is 2. The fraction of sp³-hybridized carbons (Fsp3) is 0.0833. The van der Waals surface area contributed by atoms with Gasteiger partial charge in [0, 0.05) is 16.3 Å². The number of carbonyl (C=O) groups is 4. The summed E-state index contributed by atoms with van der Waals surface area (Å²) in [7, 11) is 0. The molecule has 0 saturated carbocycles. The second-order valence-corrected chi connectivity index (χ2v) is 10.4. The number of nitrogens with one attached hydrogen (secondary N) is 2. The van der Waals surface area contributed by atoms with E-state index in [9.17, 15) is 24.3 Å². The average Bonchev–Trinajstić information content (AvgIpc) is 2.84. The molecular formula is C24H16Cl4N2O6S. The van der Waals surface area contributed by atoms with Crippen LogP contribution in [0.15, 0.2) is 53.4 Å². The first-order valence-electron chi connectivity index (χ1n) is 10.2. The number of hydrogen-bond donors (Lipinski definition) is 4. The molecule has 8 nitrogen and oxygen atoms in total. The number of halogens is 4. The highest BCUT2D eigenvalue weighted by Crippen LogP contribution is 2.42. The summed E-state index contributed by atoms with van der Waals surface area (Å²) in [4.78, 5) is 49.1. The normalized spacial score (nSPS) is 11.5. The Hall–Kier alpha value is -2.95. The summed E-state index contributed by atoms with van der Waals surface area (Å²) in [5, 5.41) is 21.9. The van der Waals surface area contributed by atoms with Gasteiger partial charge in [0.25, 0.3) is 5.91 Å². The topological polar surface area (TPSA) is 133 Å². The van der Waals surface area contributed by atoms with Gasteiger partial charge in [-0.3, -0.25) is 9.59 Å². The SMILES string of the molecule is CC(Sc1cccc(NC(=O)c2c(Cl)c(Cl)c(Cl)c(Cl)c2C(=O)O)c1)C(=O)Nc1cccc(C(=O)O)c1. The Balaban J connectivity index is 1.77. The van der Waals surface area contributed by atoms with Gasteiger partial charge in [0.1, 0.15) is 0 Å². The predicted octanol–water partition coefficient (Wildman–Crippen LogP) is 7.07. The highest BCUT2D eigenvalue weighted by atomic mass is 35.5. The van der Waals surface area contributed by atoms with Gasteiger partial charge in [-0.1, -0.05) is 58.5 Å². The highest BCUT2D eigenvalue weighted by molar-refractivity contribution is 8.00. The van der Waals surface area contributed by atoms with Gasteiger partial charge < -0.3 is 20.8 Å². The first kappa shape index (κ1) is 28.6. The quantitative estimate of drug-likeness (QED) is 0.123. The van der Waals surface area contributed by atoms with Crippen LogP contribution in [0.4, 0.5) is 11.4 Å². The Morgan fingerprint density at radius 2 is 1.32 bits per heavy atom. The van der Waals surface area contributed by atoms with Crippen molar-refractivity contribution in [3.05, 3.63) is 85.3 Å². The Morgan fingerprint density at radius 1 is 0.757 bits per heavy atom. The number of amides is 2. The van der Waals surface area contributed by atoms with Crippen molar-refractivity contribution in [1.29, 1.82) is 0 Å². The summed E-state index contributed by atoms with van der Waals surface area (Å²) >= 11 is 25.3. The van der Waals surface area contributed by atoms with Gasteiger partial charge in [-0.15, -0.1) is 11.8 Å². The fourth-order valence-corrected chi connectivity index (χ4v) is 5.06. The highest BCUT2D eigenvalue weighted by Gasteiger charge is 2.29. The van der Waals surface area contributed by atoms with Gasteiger partial charge >= 0.3 is 11.9 Å². The van der Waals surface area contributed by atoms with Gasteiger partial charge in [0.2, 0.25) is 5.91 Å². The van der Waals surface area contributed by atoms with Gasteiger partial charge in [0.05, 0.1) is 42.0 Å². The number of aromatic carboxylic acids is 2. The molecule has 13 heteroatoms. The lowest BCUT2D eigenvalue weighted by atomic mass is 10.1. The van der Waals surface area contributed by atoms with Crippen LogP contribution in [-0.2, 0) is 4.79 Å². The number of anilines is 2. The Morgan fingerprint density at radius 3 is 1.92 bits per heavy atom. The number of benzene rings is 3. The molecule has 3 rings (SSSR count). The minimum atomic E-state index is -1.52. The van der Waals surface area contributed by atoms with Crippen LogP contribution in [0.2, 0.25) is 20.1 Å². The van der Waals surface area contributed by atoms with E-state index in [0.29, 0.717) is 10.6 Å². The van der Waals surface area contributed by atoms with Crippen molar-refractivity contribution in [1.82, 2.24) is 0 Å². The maximum atomic E-state index is 13.0. The second kappa shape index (κ2) is 12.1. The maximum absolute atomic E-state index is 13.0. The van der Waals surface area contributed by atoms with Gasteiger partial charge in [-0.2, -0.15) is 0 Å². The van der Waals surface area contributed by atoms with E-state index in [1.54, 1.807) is 37.3 Å². The summed E-state index contributed by atoms with van der Waals surface area (Å²) in [6, 6.07) is 12.3. The molecule has 0 radical (unpaired) electrons. The summed E-state index contributed by atoms with van der Waals surface area (Å²) in [5.74, 6) is -3.88.